The standard InChI is InChI=1S/C13H14F4N2O4S/c1-4-6-19-7-9(10(14)11(19)12(20)23-5-2)24(21,22)18-8(3)13(15,16)17/h1,7-8,18H,5-6H2,2-3H3/t8-/m1/s1. The Morgan fingerprint density at radius 1 is 1.50 bits per heavy atom. The molecule has 0 aliphatic rings. The third-order valence-electron chi connectivity index (χ3n) is 2.83. The highest BCUT2D eigenvalue weighted by atomic mass is 32.2. The van der Waals surface area contributed by atoms with Crippen molar-refractivity contribution in [2.45, 2.75) is 37.5 Å². The monoisotopic (exact) mass is 370 g/mol. The number of esters is 1. The van der Waals surface area contributed by atoms with Crippen LogP contribution < -0.4 is 4.72 Å². The lowest BCUT2D eigenvalue weighted by molar-refractivity contribution is -0.147. The number of nitrogens with zero attached hydrogens (tertiary/aromatic N) is 1. The number of nitrogens with one attached hydrogen (secondary N) is 1. The highest BCUT2D eigenvalue weighted by molar-refractivity contribution is 7.89. The molecule has 0 fully saturated rings. The fourth-order valence-electron chi connectivity index (χ4n) is 1.69. The number of ether oxygens (including phenoxy) is 1. The van der Waals surface area contributed by atoms with Gasteiger partial charge in [-0.25, -0.2) is 17.6 Å². The summed E-state index contributed by atoms with van der Waals surface area (Å²) in [7, 11) is -4.88. The molecule has 0 radical (unpaired) electrons. The smallest absolute Gasteiger partial charge is 0.404 e. The van der Waals surface area contributed by atoms with Crippen molar-refractivity contribution < 1.29 is 35.5 Å². The van der Waals surface area contributed by atoms with Gasteiger partial charge in [0, 0.05) is 6.20 Å². The minimum Gasteiger partial charge on any atom is -0.461 e. The lowest BCUT2D eigenvalue weighted by Gasteiger charge is -2.16. The predicted octanol–water partition coefficient (Wildman–Crippen LogP) is 1.67. The van der Waals surface area contributed by atoms with E-state index in [-0.39, 0.29) is 13.2 Å². The maximum Gasteiger partial charge on any atom is 0.404 e. The van der Waals surface area contributed by atoms with Gasteiger partial charge in [-0.1, -0.05) is 5.92 Å². The van der Waals surface area contributed by atoms with Gasteiger partial charge in [0.05, 0.1) is 13.2 Å². The van der Waals surface area contributed by atoms with Crippen molar-refractivity contribution in [1.29, 1.82) is 0 Å². The first kappa shape index (κ1) is 20.0. The number of carbonyl (C=O) groups is 1. The van der Waals surface area contributed by atoms with Crippen molar-refractivity contribution in [3.05, 3.63) is 17.7 Å². The van der Waals surface area contributed by atoms with Crippen LogP contribution in [0.1, 0.15) is 24.3 Å². The Labute approximate surface area is 135 Å². The molecule has 1 aromatic heterocycles. The van der Waals surface area contributed by atoms with Gasteiger partial charge >= 0.3 is 12.1 Å². The first-order valence-corrected chi connectivity index (χ1v) is 8.02. The fraction of sp³-hybridized carbons (Fsp3) is 0.462. The Bertz CT molecular complexity index is 762. The molecule has 0 amide bonds. The van der Waals surface area contributed by atoms with Gasteiger partial charge in [0.1, 0.15) is 10.9 Å². The van der Waals surface area contributed by atoms with Crippen molar-refractivity contribution in [2.24, 2.45) is 0 Å². The summed E-state index contributed by atoms with van der Waals surface area (Å²) in [5.74, 6) is -0.649. The van der Waals surface area contributed by atoms with Crippen molar-refractivity contribution in [3.8, 4) is 12.3 Å². The summed E-state index contributed by atoms with van der Waals surface area (Å²) in [6, 6.07) is -2.45. The van der Waals surface area contributed by atoms with Crippen molar-refractivity contribution in [1.82, 2.24) is 9.29 Å². The molecule has 134 valence electrons. The van der Waals surface area contributed by atoms with Crippen LogP contribution in [0.3, 0.4) is 0 Å². The topological polar surface area (TPSA) is 77.4 Å². The number of halogens is 4. The Morgan fingerprint density at radius 3 is 2.54 bits per heavy atom. The first-order valence-electron chi connectivity index (χ1n) is 6.54. The minimum atomic E-state index is -4.88. The van der Waals surface area contributed by atoms with E-state index in [1.165, 1.54) is 11.6 Å². The quantitative estimate of drug-likeness (QED) is 0.469. The van der Waals surface area contributed by atoms with Crippen molar-refractivity contribution in [2.75, 3.05) is 6.61 Å². The molecule has 0 aromatic carbocycles. The van der Waals surface area contributed by atoms with E-state index in [0.29, 0.717) is 13.1 Å². The van der Waals surface area contributed by atoms with Crippen LogP contribution in [0.2, 0.25) is 0 Å². The lowest BCUT2D eigenvalue weighted by Crippen LogP contribution is -2.43. The summed E-state index contributed by atoms with van der Waals surface area (Å²) in [5.41, 5.74) is -0.783. The number of carbonyl (C=O) groups excluding carboxylic acids is 1. The van der Waals surface area contributed by atoms with E-state index in [1.807, 2.05) is 0 Å². The van der Waals surface area contributed by atoms with Gasteiger partial charge in [-0.15, -0.1) is 6.42 Å². The summed E-state index contributed by atoms with van der Waals surface area (Å²) in [5, 5.41) is 0. The first-order chi connectivity index (χ1) is 11.0. The molecular weight excluding hydrogens is 356 g/mol. The second-order valence-electron chi connectivity index (χ2n) is 4.59. The average molecular weight is 370 g/mol. The number of hydrogen-bond donors (Lipinski definition) is 1. The second kappa shape index (κ2) is 7.23. The molecule has 0 spiro atoms. The van der Waals surface area contributed by atoms with Crippen LogP contribution in [-0.2, 0) is 21.3 Å². The normalized spacial score (nSPS) is 13.4. The molecule has 11 heteroatoms. The highest BCUT2D eigenvalue weighted by Gasteiger charge is 2.40. The number of aromatic nitrogens is 1. The Kier molecular flexibility index (Phi) is 6.02. The van der Waals surface area contributed by atoms with E-state index in [9.17, 15) is 30.8 Å². The molecule has 0 unspecified atom stereocenters. The summed E-state index contributed by atoms with van der Waals surface area (Å²) in [6.45, 7) is 1.50. The molecule has 1 N–H and O–H groups in total. The summed E-state index contributed by atoms with van der Waals surface area (Å²) in [4.78, 5) is 10.6. The van der Waals surface area contributed by atoms with Gasteiger partial charge in [-0.2, -0.15) is 17.9 Å². The summed E-state index contributed by atoms with van der Waals surface area (Å²) >= 11 is 0. The third-order valence-corrected chi connectivity index (χ3v) is 4.35. The van der Waals surface area contributed by atoms with Crippen molar-refractivity contribution in [3.63, 3.8) is 0 Å². The molecule has 0 saturated heterocycles. The van der Waals surface area contributed by atoms with E-state index in [1.54, 1.807) is 0 Å². The van der Waals surface area contributed by atoms with Crippen LogP contribution in [0, 0.1) is 18.2 Å². The van der Waals surface area contributed by atoms with E-state index >= 15 is 0 Å². The second-order valence-corrected chi connectivity index (χ2v) is 6.28. The third kappa shape index (κ3) is 4.27. The van der Waals surface area contributed by atoms with Crippen LogP contribution in [-0.4, -0.2) is 37.8 Å². The molecule has 1 heterocycles. The van der Waals surface area contributed by atoms with E-state index in [0.717, 1.165) is 4.57 Å². The highest BCUT2D eigenvalue weighted by Crippen LogP contribution is 2.25. The Morgan fingerprint density at radius 2 is 2.08 bits per heavy atom. The molecule has 1 rings (SSSR count). The molecule has 0 aliphatic carbocycles. The number of rotatable bonds is 6. The fourth-order valence-corrected chi connectivity index (χ4v) is 3.01. The Hall–Kier alpha value is -2.06. The van der Waals surface area contributed by atoms with Crippen molar-refractivity contribution >= 4 is 16.0 Å². The summed E-state index contributed by atoms with van der Waals surface area (Å²) in [6.07, 6.45) is 0.830. The van der Waals surface area contributed by atoms with Gasteiger partial charge in [0.15, 0.2) is 11.5 Å². The molecular formula is C13H14F4N2O4S. The van der Waals surface area contributed by atoms with Gasteiger partial charge in [0.25, 0.3) is 0 Å². The summed E-state index contributed by atoms with van der Waals surface area (Å²) < 4.78 is 82.5. The number of terminal acetylenes is 1. The van der Waals surface area contributed by atoms with Gasteiger partial charge in [-0.3, -0.25) is 0 Å². The van der Waals surface area contributed by atoms with Gasteiger partial charge in [0.2, 0.25) is 10.0 Å². The maximum absolute atomic E-state index is 14.3. The average Bonchev–Trinajstić information content (AvgIpc) is 2.75. The van der Waals surface area contributed by atoms with Gasteiger partial charge < -0.3 is 9.30 Å². The van der Waals surface area contributed by atoms with Crippen LogP contribution in [0.15, 0.2) is 11.1 Å². The van der Waals surface area contributed by atoms with E-state index < -0.39 is 44.6 Å². The van der Waals surface area contributed by atoms with Crippen LogP contribution in [0.4, 0.5) is 17.6 Å². The molecule has 0 bridgehead atoms. The minimum absolute atomic E-state index is 0.120. The van der Waals surface area contributed by atoms with Gasteiger partial charge in [-0.05, 0) is 13.8 Å². The number of hydrogen-bond acceptors (Lipinski definition) is 4. The molecule has 0 saturated carbocycles. The molecule has 1 aromatic rings. The van der Waals surface area contributed by atoms with Crippen LogP contribution in [0.25, 0.3) is 0 Å². The zero-order valence-corrected chi connectivity index (χ0v) is 13.5. The maximum atomic E-state index is 14.3. The number of alkyl halides is 3. The number of sulfonamides is 1. The zero-order chi connectivity index (χ0) is 18.7. The lowest BCUT2D eigenvalue weighted by atomic mass is 10.4. The largest absolute Gasteiger partial charge is 0.461 e. The SMILES string of the molecule is C#CCn1cc(S(=O)(=O)N[C@H](C)C(F)(F)F)c(F)c1C(=O)OCC. The van der Waals surface area contributed by atoms with E-state index in [2.05, 4.69) is 10.7 Å². The van der Waals surface area contributed by atoms with E-state index in [4.69, 9.17) is 6.42 Å². The predicted molar refractivity (Wildman–Crippen MR) is 75.0 cm³/mol. The molecule has 1 atom stereocenters. The molecule has 6 nitrogen and oxygen atoms in total. The van der Waals surface area contributed by atoms with Crippen LogP contribution in [0.5, 0.6) is 0 Å². The van der Waals surface area contributed by atoms with Crippen LogP contribution >= 0.6 is 0 Å². The Balaban J connectivity index is 3.37. The molecule has 0 aliphatic heterocycles. The zero-order valence-electron chi connectivity index (χ0n) is 12.6. The molecule has 24 heavy (non-hydrogen) atoms.